The van der Waals surface area contributed by atoms with Crippen LogP contribution in [0.2, 0.25) is 0 Å². The van der Waals surface area contributed by atoms with Gasteiger partial charge >= 0.3 is 0 Å². The van der Waals surface area contributed by atoms with Gasteiger partial charge in [0.05, 0.1) is 5.54 Å². The Morgan fingerprint density at radius 2 is 1.86 bits per heavy atom. The molecule has 1 rings (SSSR count). The zero-order valence-electron chi connectivity index (χ0n) is 9.73. The number of carbonyl (C=O) groups excluding carboxylic acids is 1. The summed E-state index contributed by atoms with van der Waals surface area (Å²) < 4.78 is 0. The standard InChI is InChI=1S/C12H23NO/c1-12(2,13-3)11(14)9-10-7-5-4-6-8-10/h10,13H,4-9H2,1-3H3. The van der Waals surface area contributed by atoms with Crippen molar-refractivity contribution in [2.75, 3.05) is 7.05 Å². The van der Waals surface area contributed by atoms with Gasteiger partial charge in [0.15, 0.2) is 5.78 Å². The van der Waals surface area contributed by atoms with E-state index in [2.05, 4.69) is 5.32 Å². The molecular weight excluding hydrogens is 174 g/mol. The molecule has 0 radical (unpaired) electrons. The summed E-state index contributed by atoms with van der Waals surface area (Å²) in [4.78, 5) is 11.9. The summed E-state index contributed by atoms with van der Waals surface area (Å²) in [5.41, 5.74) is -0.336. The SMILES string of the molecule is CNC(C)(C)C(=O)CC1CCCCC1. The second-order valence-electron chi connectivity index (χ2n) is 5.01. The number of ketones is 1. The molecule has 0 aromatic heterocycles. The van der Waals surface area contributed by atoms with E-state index in [4.69, 9.17) is 0 Å². The summed E-state index contributed by atoms with van der Waals surface area (Å²) in [6, 6.07) is 0. The van der Waals surface area contributed by atoms with E-state index in [9.17, 15) is 4.79 Å². The van der Waals surface area contributed by atoms with Crippen molar-refractivity contribution >= 4 is 5.78 Å². The summed E-state index contributed by atoms with van der Waals surface area (Å²) in [6.07, 6.45) is 7.28. The number of carbonyl (C=O) groups is 1. The van der Waals surface area contributed by atoms with Crippen molar-refractivity contribution in [3.8, 4) is 0 Å². The molecule has 14 heavy (non-hydrogen) atoms. The molecule has 1 aliphatic rings. The van der Waals surface area contributed by atoms with Crippen LogP contribution in [0.1, 0.15) is 52.4 Å². The predicted molar refractivity (Wildman–Crippen MR) is 59.3 cm³/mol. The molecule has 0 heterocycles. The van der Waals surface area contributed by atoms with Crippen molar-refractivity contribution in [3.63, 3.8) is 0 Å². The fourth-order valence-electron chi connectivity index (χ4n) is 2.05. The lowest BCUT2D eigenvalue weighted by Crippen LogP contribution is -2.45. The first-order chi connectivity index (χ1) is 6.56. The van der Waals surface area contributed by atoms with E-state index < -0.39 is 0 Å². The molecule has 0 saturated heterocycles. The van der Waals surface area contributed by atoms with Crippen LogP contribution in [-0.2, 0) is 4.79 Å². The first kappa shape index (κ1) is 11.7. The van der Waals surface area contributed by atoms with Crippen LogP contribution in [0.4, 0.5) is 0 Å². The van der Waals surface area contributed by atoms with E-state index in [1.54, 1.807) is 0 Å². The van der Waals surface area contributed by atoms with Crippen molar-refractivity contribution < 1.29 is 4.79 Å². The maximum atomic E-state index is 11.9. The van der Waals surface area contributed by atoms with Crippen LogP contribution >= 0.6 is 0 Å². The monoisotopic (exact) mass is 197 g/mol. The first-order valence-corrected chi connectivity index (χ1v) is 5.78. The van der Waals surface area contributed by atoms with Gasteiger partial charge < -0.3 is 5.32 Å². The molecule has 1 fully saturated rings. The average molecular weight is 197 g/mol. The first-order valence-electron chi connectivity index (χ1n) is 5.78. The average Bonchev–Trinajstić information content (AvgIpc) is 2.19. The maximum Gasteiger partial charge on any atom is 0.152 e. The molecule has 2 heteroatoms. The van der Waals surface area contributed by atoms with E-state index in [0.717, 1.165) is 6.42 Å². The minimum Gasteiger partial charge on any atom is -0.308 e. The summed E-state index contributed by atoms with van der Waals surface area (Å²) in [7, 11) is 1.86. The van der Waals surface area contributed by atoms with Gasteiger partial charge in [-0.15, -0.1) is 0 Å². The predicted octanol–water partition coefficient (Wildman–Crippen LogP) is 2.52. The maximum absolute atomic E-state index is 11.9. The Morgan fingerprint density at radius 1 is 1.29 bits per heavy atom. The molecule has 82 valence electrons. The van der Waals surface area contributed by atoms with Gasteiger partial charge in [-0.05, 0) is 26.8 Å². The van der Waals surface area contributed by atoms with Crippen LogP contribution in [0.15, 0.2) is 0 Å². The Bertz CT molecular complexity index is 192. The highest BCUT2D eigenvalue weighted by molar-refractivity contribution is 5.87. The number of hydrogen-bond donors (Lipinski definition) is 1. The van der Waals surface area contributed by atoms with Gasteiger partial charge in [-0.25, -0.2) is 0 Å². The van der Waals surface area contributed by atoms with E-state index in [1.807, 2.05) is 20.9 Å². The third kappa shape index (κ3) is 3.09. The minimum atomic E-state index is -0.336. The molecule has 0 aliphatic heterocycles. The summed E-state index contributed by atoms with van der Waals surface area (Å²) in [5, 5.41) is 3.08. The zero-order valence-corrected chi connectivity index (χ0v) is 9.73. The number of rotatable bonds is 4. The Kier molecular flexibility index (Phi) is 4.11. The number of Topliss-reactive ketones (excluding diaryl/α,β-unsaturated/α-hetero) is 1. The van der Waals surface area contributed by atoms with Crippen LogP contribution in [-0.4, -0.2) is 18.4 Å². The highest BCUT2D eigenvalue weighted by atomic mass is 16.1. The van der Waals surface area contributed by atoms with E-state index in [1.165, 1.54) is 32.1 Å². The van der Waals surface area contributed by atoms with Crippen molar-refractivity contribution in [1.82, 2.24) is 5.32 Å². The highest BCUT2D eigenvalue weighted by Gasteiger charge is 2.27. The Hall–Kier alpha value is -0.370. The van der Waals surface area contributed by atoms with Crippen molar-refractivity contribution in [3.05, 3.63) is 0 Å². The molecule has 0 spiro atoms. The van der Waals surface area contributed by atoms with E-state index in [0.29, 0.717) is 11.7 Å². The molecule has 0 aromatic carbocycles. The second kappa shape index (κ2) is 4.92. The van der Waals surface area contributed by atoms with Crippen LogP contribution in [0.3, 0.4) is 0 Å². The van der Waals surface area contributed by atoms with Crippen molar-refractivity contribution in [1.29, 1.82) is 0 Å². The lowest BCUT2D eigenvalue weighted by molar-refractivity contribution is -0.125. The van der Waals surface area contributed by atoms with Gasteiger partial charge in [-0.2, -0.15) is 0 Å². The van der Waals surface area contributed by atoms with Crippen LogP contribution in [0.5, 0.6) is 0 Å². The third-order valence-corrected chi connectivity index (χ3v) is 3.52. The quantitative estimate of drug-likeness (QED) is 0.750. The van der Waals surface area contributed by atoms with Gasteiger partial charge in [-0.3, -0.25) is 4.79 Å². The molecule has 1 aliphatic carbocycles. The summed E-state index contributed by atoms with van der Waals surface area (Å²) in [6.45, 7) is 3.94. The fraction of sp³-hybridized carbons (Fsp3) is 0.917. The molecular formula is C12H23NO. The van der Waals surface area contributed by atoms with Gasteiger partial charge in [0.1, 0.15) is 0 Å². The molecule has 0 amide bonds. The lowest BCUT2D eigenvalue weighted by Gasteiger charge is -2.27. The smallest absolute Gasteiger partial charge is 0.152 e. The Labute approximate surface area is 87.5 Å². The molecule has 2 nitrogen and oxygen atoms in total. The molecule has 0 atom stereocenters. The number of likely N-dealkylation sites (N-methyl/N-ethyl adjacent to an activating group) is 1. The van der Waals surface area contributed by atoms with Crippen molar-refractivity contribution in [2.45, 2.75) is 57.9 Å². The van der Waals surface area contributed by atoms with Gasteiger partial charge in [0, 0.05) is 6.42 Å². The molecule has 0 unspecified atom stereocenters. The molecule has 0 bridgehead atoms. The van der Waals surface area contributed by atoms with Crippen LogP contribution < -0.4 is 5.32 Å². The lowest BCUT2D eigenvalue weighted by atomic mass is 9.82. The Morgan fingerprint density at radius 3 is 2.36 bits per heavy atom. The third-order valence-electron chi connectivity index (χ3n) is 3.52. The summed E-state index contributed by atoms with van der Waals surface area (Å²) in [5.74, 6) is 1.02. The number of nitrogens with one attached hydrogen (secondary N) is 1. The highest BCUT2D eigenvalue weighted by Crippen LogP contribution is 2.27. The van der Waals surface area contributed by atoms with Gasteiger partial charge in [-0.1, -0.05) is 32.1 Å². The minimum absolute atomic E-state index is 0.336. The van der Waals surface area contributed by atoms with Gasteiger partial charge in [0.25, 0.3) is 0 Å². The molecule has 1 saturated carbocycles. The van der Waals surface area contributed by atoms with E-state index in [-0.39, 0.29) is 5.54 Å². The normalized spacial score (nSPS) is 19.6. The fourth-order valence-corrected chi connectivity index (χ4v) is 2.05. The topological polar surface area (TPSA) is 29.1 Å². The van der Waals surface area contributed by atoms with E-state index >= 15 is 0 Å². The van der Waals surface area contributed by atoms with Crippen LogP contribution in [0.25, 0.3) is 0 Å². The zero-order chi connectivity index (χ0) is 10.6. The second-order valence-corrected chi connectivity index (χ2v) is 5.01. The Balaban J connectivity index is 2.39. The largest absolute Gasteiger partial charge is 0.308 e. The van der Waals surface area contributed by atoms with Crippen LogP contribution in [0, 0.1) is 5.92 Å². The molecule has 1 N–H and O–H groups in total. The van der Waals surface area contributed by atoms with Gasteiger partial charge in [0.2, 0.25) is 0 Å². The summed E-state index contributed by atoms with van der Waals surface area (Å²) >= 11 is 0. The number of hydrogen-bond acceptors (Lipinski definition) is 2. The molecule has 0 aromatic rings. The van der Waals surface area contributed by atoms with Crippen molar-refractivity contribution in [2.24, 2.45) is 5.92 Å².